The van der Waals surface area contributed by atoms with Crippen LogP contribution in [-0.4, -0.2) is 30.7 Å². The second kappa shape index (κ2) is 5.61. The number of phenolic OH excluding ortho intramolecular Hbond substituents is 1. The zero-order valence-electron chi connectivity index (χ0n) is 9.66. The van der Waals surface area contributed by atoms with Gasteiger partial charge in [0.1, 0.15) is 11.5 Å². The van der Waals surface area contributed by atoms with E-state index in [-0.39, 0.29) is 0 Å². The van der Waals surface area contributed by atoms with E-state index >= 15 is 0 Å². The molecule has 0 saturated heterocycles. The Morgan fingerprint density at radius 2 is 2.07 bits per heavy atom. The van der Waals surface area contributed by atoms with Crippen LogP contribution in [0.5, 0.6) is 11.5 Å². The van der Waals surface area contributed by atoms with Crippen LogP contribution in [-0.2, 0) is 6.54 Å². The average molecular weight is 209 g/mol. The SMILES string of the molecule is CCCOc1ccc(O)c(CN(C)C)c1. The van der Waals surface area contributed by atoms with Crippen molar-refractivity contribution >= 4 is 0 Å². The molecule has 0 aliphatic carbocycles. The molecule has 0 unspecified atom stereocenters. The number of benzene rings is 1. The predicted octanol–water partition coefficient (Wildman–Crippen LogP) is 2.24. The van der Waals surface area contributed by atoms with Gasteiger partial charge in [-0.2, -0.15) is 0 Å². The fourth-order valence-corrected chi connectivity index (χ4v) is 1.34. The summed E-state index contributed by atoms with van der Waals surface area (Å²) < 4.78 is 5.50. The maximum absolute atomic E-state index is 9.63. The summed E-state index contributed by atoms with van der Waals surface area (Å²) in [6.45, 7) is 3.50. The zero-order valence-corrected chi connectivity index (χ0v) is 9.66. The van der Waals surface area contributed by atoms with Crippen LogP contribution in [0.1, 0.15) is 18.9 Å². The normalized spacial score (nSPS) is 10.7. The minimum absolute atomic E-state index is 0.326. The second-order valence-corrected chi connectivity index (χ2v) is 3.88. The third-order valence-electron chi connectivity index (χ3n) is 2.01. The number of aromatic hydroxyl groups is 1. The van der Waals surface area contributed by atoms with Crippen molar-refractivity contribution in [3.63, 3.8) is 0 Å². The monoisotopic (exact) mass is 209 g/mol. The Morgan fingerprint density at radius 3 is 2.67 bits per heavy atom. The largest absolute Gasteiger partial charge is 0.508 e. The molecule has 84 valence electrons. The Morgan fingerprint density at radius 1 is 1.33 bits per heavy atom. The molecular weight excluding hydrogens is 190 g/mol. The highest BCUT2D eigenvalue weighted by Gasteiger charge is 2.04. The van der Waals surface area contributed by atoms with Crippen LogP contribution in [0.2, 0.25) is 0 Å². The van der Waals surface area contributed by atoms with Crippen LogP contribution < -0.4 is 4.74 Å². The van der Waals surface area contributed by atoms with Gasteiger partial charge in [0, 0.05) is 12.1 Å². The van der Waals surface area contributed by atoms with E-state index in [1.54, 1.807) is 12.1 Å². The van der Waals surface area contributed by atoms with Crippen LogP contribution >= 0.6 is 0 Å². The van der Waals surface area contributed by atoms with Gasteiger partial charge in [0.25, 0.3) is 0 Å². The summed E-state index contributed by atoms with van der Waals surface area (Å²) in [4.78, 5) is 2.01. The summed E-state index contributed by atoms with van der Waals surface area (Å²) in [5, 5.41) is 9.63. The van der Waals surface area contributed by atoms with Crippen molar-refractivity contribution in [3.05, 3.63) is 23.8 Å². The van der Waals surface area contributed by atoms with E-state index in [0.717, 1.165) is 24.3 Å². The maximum atomic E-state index is 9.63. The van der Waals surface area contributed by atoms with Gasteiger partial charge in [-0.15, -0.1) is 0 Å². The molecule has 1 aromatic carbocycles. The van der Waals surface area contributed by atoms with Gasteiger partial charge in [-0.25, -0.2) is 0 Å². The van der Waals surface area contributed by atoms with Crippen LogP contribution in [0.15, 0.2) is 18.2 Å². The summed E-state index contributed by atoms with van der Waals surface area (Å²) in [6.07, 6.45) is 0.990. The minimum Gasteiger partial charge on any atom is -0.508 e. The van der Waals surface area contributed by atoms with Gasteiger partial charge in [-0.3, -0.25) is 0 Å². The molecule has 3 heteroatoms. The lowest BCUT2D eigenvalue weighted by molar-refractivity contribution is 0.315. The van der Waals surface area contributed by atoms with Gasteiger partial charge >= 0.3 is 0 Å². The molecule has 0 aliphatic heterocycles. The molecule has 0 saturated carbocycles. The van der Waals surface area contributed by atoms with E-state index in [0.29, 0.717) is 12.4 Å². The Labute approximate surface area is 91.3 Å². The Balaban J connectivity index is 2.75. The Hall–Kier alpha value is -1.22. The van der Waals surface area contributed by atoms with Crippen molar-refractivity contribution in [2.75, 3.05) is 20.7 Å². The lowest BCUT2D eigenvalue weighted by Crippen LogP contribution is -2.10. The summed E-state index contributed by atoms with van der Waals surface area (Å²) in [7, 11) is 3.94. The van der Waals surface area contributed by atoms with E-state index in [4.69, 9.17) is 4.74 Å². The number of ether oxygens (including phenoxy) is 1. The molecule has 0 atom stereocenters. The average Bonchev–Trinajstić information content (AvgIpc) is 2.18. The van der Waals surface area contributed by atoms with Crippen molar-refractivity contribution in [1.29, 1.82) is 0 Å². The third kappa shape index (κ3) is 3.80. The van der Waals surface area contributed by atoms with Crippen molar-refractivity contribution in [2.45, 2.75) is 19.9 Å². The van der Waals surface area contributed by atoms with E-state index in [9.17, 15) is 5.11 Å². The van der Waals surface area contributed by atoms with Crippen LogP contribution in [0.3, 0.4) is 0 Å². The molecule has 0 radical (unpaired) electrons. The molecule has 0 fully saturated rings. The van der Waals surface area contributed by atoms with Gasteiger partial charge in [-0.1, -0.05) is 6.92 Å². The molecule has 0 amide bonds. The first-order valence-electron chi connectivity index (χ1n) is 5.23. The first-order valence-corrected chi connectivity index (χ1v) is 5.23. The zero-order chi connectivity index (χ0) is 11.3. The highest BCUT2D eigenvalue weighted by molar-refractivity contribution is 5.39. The number of rotatable bonds is 5. The Kier molecular flexibility index (Phi) is 4.43. The second-order valence-electron chi connectivity index (χ2n) is 3.88. The molecule has 0 aliphatic rings. The van der Waals surface area contributed by atoms with Crippen molar-refractivity contribution in [3.8, 4) is 11.5 Å². The molecule has 0 bridgehead atoms. The molecule has 0 heterocycles. The van der Waals surface area contributed by atoms with Crippen molar-refractivity contribution in [2.24, 2.45) is 0 Å². The van der Waals surface area contributed by atoms with Crippen LogP contribution in [0, 0.1) is 0 Å². The molecule has 3 nitrogen and oxygen atoms in total. The summed E-state index contributed by atoms with van der Waals surface area (Å²) in [6, 6.07) is 5.37. The summed E-state index contributed by atoms with van der Waals surface area (Å²) in [5.74, 6) is 1.15. The first kappa shape index (κ1) is 11.9. The number of hydrogen-bond acceptors (Lipinski definition) is 3. The van der Waals surface area contributed by atoms with Gasteiger partial charge in [-0.05, 0) is 38.7 Å². The summed E-state index contributed by atoms with van der Waals surface area (Å²) in [5.41, 5.74) is 0.897. The first-order chi connectivity index (χ1) is 7.13. The van der Waals surface area contributed by atoms with Gasteiger partial charge in [0.2, 0.25) is 0 Å². The predicted molar refractivity (Wildman–Crippen MR) is 61.3 cm³/mol. The van der Waals surface area contributed by atoms with Gasteiger partial charge in [0.15, 0.2) is 0 Å². The fraction of sp³-hybridized carbons (Fsp3) is 0.500. The molecule has 0 aromatic heterocycles. The van der Waals surface area contributed by atoms with Crippen molar-refractivity contribution in [1.82, 2.24) is 4.90 Å². The van der Waals surface area contributed by atoms with Gasteiger partial charge in [0.05, 0.1) is 6.61 Å². The molecular formula is C12H19NO2. The number of hydrogen-bond donors (Lipinski definition) is 1. The lowest BCUT2D eigenvalue weighted by atomic mass is 10.2. The standard InChI is InChI=1S/C12H19NO2/c1-4-7-15-11-5-6-12(14)10(8-11)9-13(2)3/h5-6,8,14H,4,7,9H2,1-3H3. The van der Waals surface area contributed by atoms with E-state index < -0.39 is 0 Å². The number of phenols is 1. The fourth-order valence-electron chi connectivity index (χ4n) is 1.34. The Bertz CT molecular complexity index is 310. The minimum atomic E-state index is 0.326. The maximum Gasteiger partial charge on any atom is 0.120 e. The molecule has 1 rings (SSSR count). The highest BCUT2D eigenvalue weighted by Crippen LogP contribution is 2.23. The van der Waals surface area contributed by atoms with Crippen LogP contribution in [0.4, 0.5) is 0 Å². The molecule has 1 aromatic rings. The van der Waals surface area contributed by atoms with E-state index in [1.165, 1.54) is 0 Å². The highest BCUT2D eigenvalue weighted by atomic mass is 16.5. The van der Waals surface area contributed by atoms with Crippen LogP contribution in [0.25, 0.3) is 0 Å². The smallest absolute Gasteiger partial charge is 0.120 e. The summed E-state index contributed by atoms with van der Waals surface area (Å²) >= 11 is 0. The molecule has 1 N–H and O–H groups in total. The van der Waals surface area contributed by atoms with Crippen molar-refractivity contribution < 1.29 is 9.84 Å². The quantitative estimate of drug-likeness (QED) is 0.807. The topological polar surface area (TPSA) is 32.7 Å². The number of nitrogens with zero attached hydrogens (tertiary/aromatic N) is 1. The van der Waals surface area contributed by atoms with E-state index in [2.05, 4.69) is 6.92 Å². The molecule has 15 heavy (non-hydrogen) atoms. The third-order valence-corrected chi connectivity index (χ3v) is 2.01. The van der Waals surface area contributed by atoms with E-state index in [1.807, 2.05) is 25.1 Å². The molecule has 0 spiro atoms. The van der Waals surface area contributed by atoms with Gasteiger partial charge < -0.3 is 14.7 Å². The lowest BCUT2D eigenvalue weighted by Gasteiger charge is -2.13.